The van der Waals surface area contributed by atoms with Gasteiger partial charge >= 0.3 is 5.97 Å². The summed E-state index contributed by atoms with van der Waals surface area (Å²) in [7, 11) is 0. The van der Waals surface area contributed by atoms with Crippen LogP contribution in [0.4, 0.5) is 13.2 Å². The van der Waals surface area contributed by atoms with E-state index in [1.54, 1.807) is 22.6 Å². The van der Waals surface area contributed by atoms with Crippen molar-refractivity contribution in [3.8, 4) is 0 Å². The summed E-state index contributed by atoms with van der Waals surface area (Å²) < 4.78 is 37.6. The fourth-order valence-corrected chi connectivity index (χ4v) is 1.51. The Morgan fingerprint density at radius 3 is 2.67 bits per heavy atom. The first kappa shape index (κ1) is 12.2. The fourth-order valence-electron chi connectivity index (χ4n) is 1.01. The third-order valence-corrected chi connectivity index (χ3v) is 2.35. The predicted octanol–water partition coefficient (Wildman–Crippen LogP) is 2.39. The Labute approximate surface area is 96.5 Å². The standard InChI is InChI=1S/C8H5F3INO2/c9-7(10)6-3(2-5(14)15)1-4(12)8(11)13-6/h1,7H,2H2,(H,14,15). The zero-order valence-corrected chi connectivity index (χ0v) is 9.33. The van der Waals surface area contributed by atoms with Crippen molar-refractivity contribution in [2.45, 2.75) is 12.8 Å². The van der Waals surface area contributed by atoms with E-state index in [-0.39, 0.29) is 9.13 Å². The molecular formula is C8H5F3INO2. The number of halogens is 4. The molecule has 0 amide bonds. The van der Waals surface area contributed by atoms with Crippen LogP contribution in [-0.2, 0) is 11.2 Å². The number of hydrogen-bond donors (Lipinski definition) is 1. The first-order valence-corrected chi connectivity index (χ1v) is 4.84. The lowest BCUT2D eigenvalue weighted by molar-refractivity contribution is -0.136. The van der Waals surface area contributed by atoms with E-state index in [0.717, 1.165) is 6.07 Å². The number of alkyl halides is 2. The average molecular weight is 331 g/mol. The normalized spacial score (nSPS) is 10.7. The number of carbonyl (C=O) groups is 1. The van der Waals surface area contributed by atoms with Crippen molar-refractivity contribution in [3.05, 3.63) is 26.8 Å². The Bertz CT molecular complexity index is 398. The summed E-state index contributed by atoms with van der Waals surface area (Å²) in [4.78, 5) is 13.4. The zero-order chi connectivity index (χ0) is 11.6. The zero-order valence-electron chi connectivity index (χ0n) is 7.18. The molecular weight excluding hydrogens is 326 g/mol. The lowest BCUT2D eigenvalue weighted by atomic mass is 10.1. The van der Waals surface area contributed by atoms with Gasteiger partial charge in [0, 0.05) is 0 Å². The third kappa shape index (κ3) is 3.05. The van der Waals surface area contributed by atoms with Gasteiger partial charge in [-0.05, 0) is 34.2 Å². The number of rotatable bonds is 3. The van der Waals surface area contributed by atoms with Crippen molar-refractivity contribution in [2.24, 2.45) is 0 Å². The van der Waals surface area contributed by atoms with Gasteiger partial charge in [-0.25, -0.2) is 13.8 Å². The number of carboxylic acids is 1. The van der Waals surface area contributed by atoms with Crippen molar-refractivity contribution >= 4 is 28.6 Å². The number of aromatic nitrogens is 1. The fraction of sp³-hybridized carbons (Fsp3) is 0.250. The van der Waals surface area contributed by atoms with Crippen molar-refractivity contribution < 1.29 is 23.1 Å². The minimum absolute atomic E-state index is 0.0215. The van der Waals surface area contributed by atoms with E-state index < -0.39 is 30.5 Å². The van der Waals surface area contributed by atoms with Crippen molar-refractivity contribution in [2.75, 3.05) is 0 Å². The smallest absolute Gasteiger partial charge is 0.307 e. The molecule has 15 heavy (non-hydrogen) atoms. The van der Waals surface area contributed by atoms with Gasteiger partial charge in [0.25, 0.3) is 6.43 Å². The summed E-state index contributed by atoms with van der Waals surface area (Å²) in [5.74, 6) is -2.28. The number of carboxylic acid groups (broad SMARTS) is 1. The van der Waals surface area contributed by atoms with Gasteiger partial charge in [-0.1, -0.05) is 0 Å². The molecule has 0 saturated carbocycles. The van der Waals surface area contributed by atoms with Crippen LogP contribution in [-0.4, -0.2) is 16.1 Å². The number of aliphatic carboxylic acids is 1. The second-order valence-electron chi connectivity index (χ2n) is 2.68. The first-order chi connectivity index (χ1) is 6.91. The van der Waals surface area contributed by atoms with Gasteiger partial charge < -0.3 is 5.11 Å². The molecule has 0 spiro atoms. The van der Waals surface area contributed by atoms with E-state index in [1.165, 1.54) is 0 Å². The molecule has 0 saturated heterocycles. The van der Waals surface area contributed by atoms with Crippen LogP contribution in [0.5, 0.6) is 0 Å². The van der Waals surface area contributed by atoms with Crippen molar-refractivity contribution in [1.82, 2.24) is 4.98 Å². The quantitative estimate of drug-likeness (QED) is 0.684. The van der Waals surface area contributed by atoms with Crippen LogP contribution in [0.1, 0.15) is 17.7 Å². The van der Waals surface area contributed by atoms with Crippen LogP contribution in [0.3, 0.4) is 0 Å². The summed E-state index contributed by atoms with van der Waals surface area (Å²) in [5, 5.41) is 8.46. The monoisotopic (exact) mass is 331 g/mol. The molecule has 0 aliphatic heterocycles. The highest BCUT2D eigenvalue weighted by molar-refractivity contribution is 14.1. The van der Waals surface area contributed by atoms with Gasteiger partial charge in [-0.3, -0.25) is 4.79 Å². The largest absolute Gasteiger partial charge is 0.481 e. The van der Waals surface area contributed by atoms with E-state index in [2.05, 4.69) is 4.98 Å². The molecule has 0 fully saturated rings. The summed E-state index contributed by atoms with van der Waals surface area (Å²) >= 11 is 1.56. The third-order valence-electron chi connectivity index (χ3n) is 1.59. The maximum Gasteiger partial charge on any atom is 0.307 e. The van der Waals surface area contributed by atoms with Crippen molar-refractivity contribution in [3.63, 3.8) is 0 Å². The summed E-state index contributed by atoms with van der Waals surface area (Å²) in [6.07, 6.45) is -3.57. The molecule has 1 aromatic rings. The first-order valence-electron chi connectivity index (χ1n) is 3.76. The number of hydrogen-bond acceptors (Lipinski definition) is 2. The molecule has 0 aliphatic rings. The lowest BCUT2D eigenvalue weighted by Crippen LogP contribution is -2.08. The Hall–Kier alpha value is -0.860. The van der Waals surface area contributed by atoms with Crippen LogP contribution in [0, 0.1) is 9.52 Å². The molecule has 0 unspecified atom stereocenters. The van der Waals surface area contributed by atoms with Crippen molar-refractivity contribution in [1.29, 1.82) is 0 Å². The van der Waals surface area contributed by atoms with Gasteiger partial charge in [0.1, 0.15) is 5.69 Å². The van der Waals surface area contributed by atoms with E-state index in [9.17, 15) is 18.0 Å². The van der Waals surface area contributed by atoms with Crippen LogP contribution < -0.4 is 0 Å². The lowest BCUT2D eigenvalue weighted by Gasteiger charge is -2.06. The molecule has 82 valence electrons. The predicted molar refractivity (Wildman–Crippen MR) is 53.2 cm³/mol. The molecule has 1 N–H and O–H groups in total. The van der Waals surface area contributed by atoms with Crippen LogP contribution >= 0.6 is 22.6 Å². The van der Waals surface area contributed by atoms with Crippen LogP contribution in [0.15, 0.2) is 6.07 Å². The minimum atomic E-state index is -2.98. The van der Waals surface area contributed by atoms with Gasteiger partial charge in [-0.2, -0.15) is 4.39 Å². The van der Waals surface area contributed by atoms with Gasteiger partial charge in [0.2, 0.25) is 5.95 Å². The second-order valence-corrected chi connectivity index (χ2v) is 3.84. The number of pyridine rings is 1. The molecule has 1 rings (SSSR count). The maximum atomic E-state index is 12.9. The van der Waals surface area contributed by atoms with E-state index >= 15 is 0 Å². The Balaban J connectivity index is 3.21. The Morgan fingerprint density at radius 2 is 2.20 bits per heavy atom. The molecule has 0 aliphatic carbocycles. The molecule has 0 atom stereocenters. The molecule has 7 heteroatoms. The van der Waals surface area contributed by atoms with Crippen LogP contribution in [0.25, 0.3) is 0 Å². The molecule has 1 aromatic heterocycles. The summed E-state index contributed by atoms with van der Waals surface area (Å²) in [6, 6.07) is 1.07. The van der Waals surface area contributed by atoms with Gasteiger partial charge in [0.15, 0.2) is 0 Å². The van der Waals surface area contributed by atoms with E-state index in [1.807, 2.05) is 0 Å². The topological polar surface area (TPSA) is 50.2 Å². The van der Waals surface area contributed by atoms with Gasteiger partial charge in [0.05, 0.1) is 9.99 Å². The minimum Gasteiger partial charge on any atom is -0.481 e. The average Bonchev–Trinajstić information content (AvgIpc) is 2.09. The van der Waals surface area contributed by atoms with Crippen LogP contribution in [0.2, 0.25) is 0 Å². The Kier molecular flexibility index (Phi) is 3.89. The molecule has 0 radical (unpaired) electrons. The summed E-state index contributed by atoms with van der Waals surface area (Å²) in [5.41, 5.74) is -0.974. The van der Waals surface area contributed by atoms with Gasteiger partial charge in [-0.15, -0.1) is 0 Å². The molecule has 0 bridgehead atoms. The molecule has 3 nitrogen and oxygen atoms in total. The number of nitrogens with zero attached hydrogens (tertiary/aromatic N) is 1. The van der Waals surface area contributed by atoms with E-state index in [0.29, 0.717) is 0 Å². The second kappa shape index (κ2) is 4.77. The SMILES string of the molecule is O=C(O)Cc1cc(I)c(F)nc1C(F)F. The highest BCUT2D eigenvalue weighted by atomic mass is 127. The summed E-state index contributed by atoms with van der Waals surface area (Å²) in [6.45, 7) is 0. The highest BCUT2D eigenvalue weighted by Crippen LogP contribution is 2.24. The molecule has 1 heterocycles. The van der Waals surface area contributed by atoms with E-state index in [4.69, 9.17) is 5.11 Å². The highest BCUT2D eigenvalue weighted by Gasteiger charge is 2.19. The maximum absolute atomic E-state index is 12.9. The molecule has 0 aromatic carbocycles. The Morgan fingerprint density at radius 1 is 1.60 bits per heavy atom.